The molecule has 3 rings (SSSR count). The van der Waals surface area contributed by atoms with E-state index in [1.807, 2.05) is 0 Å². The Balaban J connectivity index is 1.62. The fourth-order valence-electron chi connectivity index (χ4n) is 2.76. The Kier molecular flexibility index (Phi) is 5.30. The van der Waals surface area contributed by atoms with Gasteiger partial charge in [0.2, 0.25) is 11.8 Å². The maximum Gasteiger partial charge on any atom is 0.256 e. The number of phenolic OH excluding ortho intramolecular Hbond substituents is 1. The molecule has 6 nitrogen and oxygen atoms in total. The summed E-state index contributed by atoms with van der Waals surface area (Å²) < 4.78 is 13.3. The zero-order valence-corrected chi connectivity index (χ0v) is 14.3. The zero-order valence-electron chi connectivity index (χ0n) is 14.3. The van der Waals surface area contributed by atoms with E-state index in [1.165, 1.54) is 30.3 Å². The van der Waals surface area contributed by atoms with E-state index in [2.05, 4.69) is 5.32 Å². The molecular formula is C20H17FN2O4. The molecule has 2 N–H and O–H groups in total. The topological polar surface area (TPSA) is 86.7 Å². The molecule has 0 bridgehead atoms. The summed E-state index contributed by atoms with van der Waals surface area (Å²) >= 11 is 0. The first-order valence-electron chi connectivity index (χ1n) is 8.33. The Bertz CT molecular complexity index is 939. The van der Waals surface area contributed by atoms with E-state index in [1.54, 1.807) is 24.3 Å². The molecule has 0 aromatic heterocycles. The molecule has 0 unspecified atom stereocenters. The average molecular weight is 368 g/mol. The van der Waals surface area contributed by atoms with Crippen molar-refractivity contribution >= 4 is 29.5 Å². The van der Waals surface area contributed by atoms with Crippen molar-refractivity contribution in [2.45, 2.75) is 12.8 Å². The molecule has 0 radical (unpaired) electrons. The summed E-state index contributed by atoms with van der Waals surface area (Å²) in [5, 5.41) is 12.2. The Morgan fingerprint density at radius 1 is 1.19 bits per heavy atom. The van der Waals surface area contributed by atoms with Crippen LogP contribution < -0.4 is 5.32 Å². The summed E-state index contributed by atoms with van der Waals surface area (Å²) in [4.78, 5) is 37.5. The number of carbonyl (C=O) groups excluding carboxylic acids is 3. The van der Waals surface area contributed by atoms with Gasteiger partial charge in [0.15, 0.2) is 0 Å². The molecule has 1 saturated heterocycles. The zero-order chi connectivity index (χ0) is 19.4. The Hall–Kier alpha value is -3.48. The molecule has 2 aromatic rings. The summed E-state index contributed by atoms with van der Waals surface area (Å²) in [5.74, 6) is -1.82. The first-order chi connectivity index (χ1) is 12.9. The van der Waals surface area contributed by atoms with Gasteiger partial charge in [-0.05, 0) is 35.9 Å². The second kappa shape index (κ2) is 7.82. The fraction of sp³-hybridized carbons (Fsp3) is 0.150. The smallest absolute Gasteiger partial charge is 0.256 e. The van der Waals surface area contributed by atoms with E-state index in [4.69, 9.17) is 0 Å². The first-order valence-corrected chi connectivity index (χ1v) is 8.33. The van der Waals surface area contributed by atoms with Crippen molar-refractivity contribution in [2.75, 3.05) is 11.9 Å². The second-order valence-electron chi connectivity index (χ2n) is 6.07. The van der Waals surface area contributed by atoms with Gasteiger partial charge in [0.1, 0.15) is 11.6 Å². The molecule has 7 heteroatoms. The Labute approximate surface area is 154 Å². The van der Waals surface area contributed by atoms with Crippen LogP contribution in [0.1, 0.15) is 18.4 Å². The fourth-order valence-corrected chi connectivity index (χ4v) is 2.76. The van der Waals surface area contributed by atoms with Gasteiger partial charge in [-0.3, -0.25) is 19.3 Å². The number of amides is 3. The molecule has 1 heterocycles. The number of nitrogens with one attached hydrogen (secondary N) is 1. The van der Waals surface area contributed by atoms with Crippen molar-refractivity contribution in [1.29, 1.82) is 0 Å². The lowest BCUT2D eigenvalue weighted by atomic mass is 10.1. The number of benzene rings is 2. The van der Waals surface area contributed by atoms with Crippen LogP contribution >= 0.6 is 0 Å². The molecule has 2 aromatic carbocycles. The SMILES string of the molecule is O=C(CCN1C(=O)CC(=Cc2cccc(F)c2)C1=O)Nc1ccccc1O. The molecule has 0 atom stereocenters. The van der Waals surface area contributed by atoms with Crippen LogP contribution in [0.2, 0.25) is 0 Å². The van der Waals surface area contributed by atoms with Crippen molar-refractivity contribution in [3.63, 3.8) is 0 Å². The molecule has 0 aliphatic carbocycles. The van der Waals surface area contributed by atoms with Gasteiger partial charge in [-0.1, -0.05) is 24.3 Å². The third kappa shape index (κ3) is 4.38. The third-order valence-corrected chi connectivity index (χ3v) is 4.09. The molecule has 1 aliphatic rings. The highest BCUT2D eigenvalue weighted by Crippen LogP contribution is 2.23. The van der Waals surface area contributed by atoms with Crippen LogP contribution in [-0.4, -0.2) is 34.3 Å². The Morgan fingerprint density at radius 2 is 1.96 bits per heavy atom. The molecule has 1 fully saturated rings. The van der Waals surface area contributed by atoms with E-state index < -0.39 is 23.5 Å². The minimum atomic E-state index is -0.486. The van der Waals surface area contributed by atoms with E-state index in [0.717, 1.165) is 4.90 Å². The normalized spacial score (nSPS) is 15.4. The number of likely N-dealkylation sites (tertiary alicyclic amines) is 1. The number of nitrogens with zero attached hydrogens (tertiary/aromatic N) is 1. The highest BCUT2D eigenvalue weighted by molar-refractivity contribution is 6.15. The quantitative estimate of drug-likeness (QED) is 0.483. The molecule has 27 heavy (non-hydrogen) atoms. The minimum absolute atomic E-state index is 0.0699. The monoisotopic (exact) mass is 368 g/mol. The van der Waals surface area contributed by atoms with E-state index in [-0.39, 0.29) is 36.4 Å². The van der Waals surface area contributed by atoms with Gasteiger partial charge in [0.25, 0.3) is 5.91 Å². The maximum atomic E-state index is 13.3. The number of rotatable bonds is 5. The lowest BCUT2D eigenvalue weighted by Gasteiger charge is -2.13. The van der Waals surface area contributed by atoms with Crippen LogP contribution in [0.3, 0.4) is 0 Å². The molecule has 1 aliphatic heterocycles. The highest BCUT2D eigenvalue weighted by Gasteiger charge is 2.33. The van der Waals surface area contributed by atoms with Gasteiger partial charge in [-0.15, -0.1) is 0 Å². The van der Waals surface area contributed by atoms with Crippen LogP contribution in [0.5, 0.6) is 5.75 Å². The standard InChI is InChI=1S/C20H17FN2O4/c21-15-5-3-4-13(11-15)10-14-12-19(26)23(20(14)27)9-8-18(25)22-16-6-1-2-7-17(16)24/h1-7,10-11,24H,8-9,12H2,(H,22,25). The number of hydrogen-bond donors (Lipinski definition) is 2. The largest absolute Gasteiger partial charge is 0.506 e. The van der Waals surface area contributed by atoms with Crippen molar-refractivity contribution in [3.8, 4) is 5.75 Å². The number of phenols is 1. The summed E-state index contributed by atoms with van der Waals surface area (Å²) in [6.07, 6.45) is 1.29. The maximum absolute atomic E-state index is 13.3. The predicted octanol–water partition coefficient (Wildman–Crippen LogP) is 2.70. The summed E-state index contributed by atoms with van der Waals surface area (Å²) in [6.45, 7) is -0.0718. The van der Waals surface area contributed by atoms with E-state index in [9.17, 15) is 23.9 Å². The predicted molar refractivity (Wildman–Crippen MR) is 97.1 cm³/mol. The summed E-state index contributed by atoms with van der Waals surface area (Å²) in [5.41, 5.74) is 1.00. The van der Waals surface area contributed by atoms with Crippen molar-refractivity contribution in [2.24, 2.45) is 0 Å². The number of aromatic hydroxyl groups is 1. The molecular weight excluding hydrogens is 351 g/mol. The summed E-state index contributed by atoms with van der Waals surface area (Å²) in [7, 11) is 0. The highest BCUT2D eigenvalue weighted by atomic mass is 19.1. The number of hydrogen-bond acceptors (Lipinski definition) is 4. The van der Waals surface area contributed by atoms with Gasteiger partial charge in [-0.2, -0.15) is 0 Å². The lowest BCUT2D eigenvalue weighted by molar-refractivity contribution is -0.137. The first kappa shape index (κ1) is 18.3. The number of imide groups is 1. The lowest BCUT2D eigenvalue weighted by Crippen LogP contribution is -2.32. The van der Waals surface area contributed by atoms with Crippen LogP contribution in [0.25, 0.3) is 6.08 Å². The molecule has 0 spiro atoms. The minimum Gasteiger partial charge on any atom is -0.506 e. The van der Waals surface area contributed by atoms with Crippen molar-refractivity contribution in [3.05, 3.63) is 65.5 Å². The molecule has 3 amide bonds. The van der Waals surface area contributed by atoms with Gasteiger partial charge < -0.3 is 10.4 Å². The van der Waals surface area contributed by atoms with Crippen molar-refractivity contribution in [1.82, 2.24) is 4.90 Å². The van der Waals surface area contributed by atoms with E-state index >= 15 is 0 Å². The van der Waals surface area contributed by atoms with Gasteiger partial charge in [0.05, 0.1) is 12.1 Å². The van der Waals surface area contributed by atoms with E-state index in [0.29, 0.717) is 5.56 Å². The van der Waals surface area contributed by atoms with Crippen LogP contribution in [0.15, 0.2) is 54.1 Å². The van der Waals surface area contributed by atoms with Crippen molar-refractivity contribution < 1.29 is 23.9 Å². The Morgan fingerprint density at radius 3 is 2.70 bits per heavy atom. The third-order valence-electron chi connectivity index (χ3n) is 4.09. The number of carbonyl (C=O) groups is 3. The van der Waals surface area contributed by atoms with Gasteiger partial charge in [0, 0.05) is 18.5 Å². The second-order valence-corrected chi connectivity index (χ2v) is 6.07. The summed E-state index contributed by atoms with van der Waals surface area (Å²) in [6, 6.07) is 12.0. The molecule has 138 valence electrons. The average Bonchev–Trinajstić information content (AvgIpc) is 2.88. The van der Waals surface area contributed by atoms with Gasteiger partial charge in [-0.25, -0.2) is 4.39 Å². The van der Waals surface area contributed by atoms with Crippen LogP contribution in [0, 0.1) is 5.82 Å². The molecule has 0 saturated carbocycles. The van der Waals surface area contributed by atoms with Crippen LogP contribution in [-0.2, 0) is 14.4 Å². The van der Waals surface area contributed by atoms with Crippen LogP contribution in [0.4, 0.5) is 10.1 Å². The van der Waals surface area contributed by atoms with Gasteiger partial charge >= 0.3 is 0 Å². The number of halogens is 1. The number of anilines is 1. The number of para-hydroxylation sites is 2.